The van der Waals surface area contributed by atoms with Crippen molar-refractivity contribution in [2.75, 3.05) is 18.6 Å². The van der Waals surface area contributed by atoms with Crippen molar-refractivity contribution >= 4 is 11.8 Å². The minimum absolute atomic E-state index is 0.601. The van der Waals surface area contributed by atoms with Gasteiger partial charge in [-0.3, -0.25) is 0 Å². The Hall–Kier alpha value is -1.14. The maximum absolute atomic E-state index is 8.74. The van der Waals surface area contributed by atoms with Gasteiger partial charge in [-0.15, -0.1) is 0 Å². The van der Waals surface area contributed by atoms with Gasteiger partial charge < -0.3 is 4.74 Å². The van der Waals surface area contributed by atoms with Crippen molar-refractivity contribution in [1.29, 1.82) is 5.26 Å². The lowest BCUT2D eigenvalue weighted by atomic mass is 10.2. The molecule has 0 atom stereocenters. The Morgan fingerprint density at radius 1 is 1.46 bits per heavy atom. The van der Waals surface area contributed by atoms with Gasteiger partial charge in [0.15, 0.2) is 0 Å². The van der Waals surface area contributed by atoms with Crippen molar-refractivity contribution in [2.24, 2.45) is 0 Å². The van der Waals surface area contributed by atoms with Gasteiger partial charge in [0, 0.05) is 5.75 Å². The smallest absolute Gasteiger partial charge is 0.137 e. The molecule has 0 bridgehead atoms. The summed E-state index contributed by atoms with van der Waals surface area (Å²) in [6, 6.07) is 9.37. The van der Waals surface area contributed by atoms with Crippen LogP contribution in [0.25, 0.3) is 0 Å². The first-order valence-corrected chi connectivity index (χ1v) is 5.38. The van der Waals surface area contributed by atoms with E-state index in [2.05, 4.69) is 6.07 Å². The van der Waals surface area contributed by atoms with Crippen LogP contribution in [0.15, 0.2) is 24.3 Å². The van der Waals surface area contributed by atoms with Gasteiger partial charge >= 0.3 is 0 Å². The van der Waals surface area contributed by atoms with Gasteiger partial charge in [0.05, 0.1) is 12.2 Å². The summed E-state index contributed by atoms with van der Waals surface area (Å²) in [5, 5.41) is 8.74. The Morgan fingerprint density at radius 3 is 2.92 bits per heavy atom. The van der Waals surface area contributed by atoms with E-state index in [-0.39, 0.29) is 0 Å². The molecule has 0 aliphatic heterocycles. The highest BCUT2D eigenvalue weighted by atomic mass is 32.2. The molecule has 0 aliphatic rings. The fourth-order valence-electron chi connectivity index (χ4n) is 0.920. The summed E-state index contributed by atoms with van der Waals surface area (Å²) in [4.78, 5) is 0. The zero-order valence-electron chi connectivity index (χ0n) is 7.49. The third-order valence-electron chi connectivity index (χ3n) is 1.55. The Labute approximate surface area is 82.5 Å². The van der Waals surface area contributed by atoms with E-state index in [1.807, 2.05) is 24.5 Å². The maximum Gasteiger partial charge on any atom is 0.137 e. The first-order chi connectivity index (χ1) is 6.38. The highest BCUT2D eigenvalue weighted by Crippen LogP contribution is 2.16. The van der Waals surface area contributed by atoms with Gasteiger partial charge in [0.25, 0.3) is 0 Å². The lowest BCUT2D eigenvalue weighted by molar-refractivity contribution is 0.343. The lowest BCUT2D eigenvalue weighted by Crippen LogP contribution is -2.00. The van der Waals surface area contributed by atoms with E-state index < -0.39 is 0 Å². The average Bonchev–Trinajstić information content (AvgIpc) is 2.19. The summed E-state index contributed by atoms with van der Waals surface area (Å²) in [6.07, 6.45) is 2.03. The van der Waals surface area contributed by atoms with Gasteiger partial charge in [-0.2, -0.15) is 17.0 Å². The average molecular weight is 193 g/mol. The monoisotopic (exact) mass is 193 g/mol. The number of thioether (sulfide) groups is 1. The molecule has 0 N–H and O–H groups in total. The molecule has 0 radical (unpaired) electrons. The summed E-state index contributed by atoms with van der Waals surface area (Å²) < 4.78 is 5.43. The number of benzene rings is 1. The molecule has 0 unspecified atom stereocenters. The second kappa shape index (κ2) is 5.50. The zero-order valence-corrected chi connectivity index (χ0v) is 8.30. The topological polar surface area (TPSA) is 33.0 Å². The van der Waals surface area contributed by atoms with E-state index >= 15 is 0 Å². The largest absolute Gasteiger partial charge is 0.491 e. The lowest BCUT2D eigenvalue weighted by Gasteiger charge is -2.05. The number of nitriles is 1. The summed E-state index contributed by atoms with van der Waals surface area (Å²) in [7, 11) is 0. The van der Waals surface area contributed by atoms with Crippen LogP contribution >= 0.6 is 11.8 Å². The Balaban J connectivity index is 2.60. The third-order valence-corrected chi connectivity index (χ3v) is 2.13. The molecular weight excluding hydrogens is 182 g/mol. The molecule has 0 saturated heterocycles. The molecule has 1 rings (SSSR count). The van der Waals surface area contributed by atoms with E-state index in [9.17, 15) is 0 Å². The summed E-state index contributed by atoms with van der Waals surface area (Å²) >= 11 is 1.73. The fraction of sp³-hybridized carbons (Fsp3) is 0.300. The molecule has 2 nitrogen and oxygen atoms in total. The number of nitrogens with zero attached hydrogens (tertiary/aromatic N) is 1. The highest BCUT2D eigenvalue weighted by molar-refractivity contribution is 7.98. The van der Waals surface area contributed by atoms with Crippen molar-refractivity contribution in [3.05, 3.63) is 29.8 Å². The van der Waals surface area contributed by atoms with E-state index in [1.165, 1.54) is 0 Å². The molecule has 0 aromatic heterocycles. The molecular formula is C10H11NOS. The normalized spacial score (nSPS) is 9.23. The predicted octanol–water partition coefficient (Wildman–Crippen LogP) is 2.30. The predicted molar refractivity (Wildman–Crippen MR) is 55.0 cm³/mol. The van der Waals surface area contributed by atoms with Crippen LogP contribution in [0.2, 0.25) is 0 Å². The van der Waals surface area contributed by atoms with E-state index in [4.69, 9.17) is 10.00 Å². The van der Waals surface area contributed by atoms with Crippen molar-refractivity contribution in [3.63, 3.8) is 0 Å². The summed E-state index contributed by atoms with van der Waals surface area (Å²) in [5.41, 5.74) is 0.601. The van der Waals surface area contributed by atoms with Crippen molar-refractivity contribution in [1.82, 2.24) is 0 Å². The zero-order chi connectivity index (χ0) is 9.52. The number of ether oxygens (including phenoxy) is 1. The SMILES string of the molecule is CSCCOc1ccccc1C#N. The molecule has 1 aromatic rings. The van der Waals surface area contributed by atoms with Crippen LogP contribution < -0.4 is 4.74 Å². The van der Waals surface area contributed by atoms with Crippen LogP contribution in [-0.2, 0) is 0 Å². The van der Waals surface area contributed by atoms with Crippen LogP contribution in [0.5, 0.6) is 5.75 Å². The van der Waals surface area contributed by atoms with Gasteiger partial charge in [0.2, 0.25) is 0 Å². The van der Waals surface area contributed by atoms with Gasteiger partial charge in [-0.05, 0) is 18.4 Å². The Bertz CT molecular complexity index is 306. The van der Waals surface area contributed by atoms with Gasteiger partial charge in [-0.25, -0.2) is 0 Å². The number of rotatable bonds is 4. The quantitative estimate of drug-likeness (QED) is 0.688. The maximum atomic E-state index is 8.74. The van der Waals surface area contributed by atoms with Crippen molar-refractivity contribution in [2.45, 2.75) is 0 Å². The molecule has 0 spiro atoms. The van der Waals surface area contributed by atoms with Crippen LogP contribution in [0.3, 0.4) is 0 Å². The van der Waals surface area contributed by atoms with Crippen molar-refractivity contribution in [3.8, 4) is 11.8 Å². The molecule has 0 amide bonds. The molecule has 1 aromatic carbocycles. The van der Waals surface area contributed by atoms with Crippen LogP contribution in [0, 0.1) is 11.3 Å². The van der Waals surface area contributed by atoms with Crippen LogP contribution in [0.4, 0.5) is 0 Å². The second-order valence-corrected chi connectivity index (χ2v) is 3.43. The number of hydrogen-bond donors (Lipinski definition) is 0. The van der Waals surface area contributed by atoms with E-state index in [0.717, 1.165) is 5.75 Å². The fourth-order valence-corrected chi connectivity index (χ4v) is 1.17. The van der Waals surface area contributed by atoms with Gasteiger partial charge in [-0.1, -0.05) is 12.1 Å². The molecule has 13 heavy (non-hydrogen) atoms. The number of para-hydroxylation sites is 1. The highest BCUT2D eigenvalue weighted by Gasteiger charge is 1.99. The summed E-state index contributed by atoms with van der Waals surface area (Å²) in [6.45, 7) is 0.653. The molecule has 0 aliphatic carbocycles. The van der Waals surface area contributed by atoms with Crippen molar-refractivity contribution < 1.29 is 4.74 Å². The number of hydrogen-bond acceptors (Lipinski definition) is 3. The molecule has 0 fully saturated rings. The van der Waals surface area contributed by atoms with Crippen LogP contribution in [0.1, 0.15) is 5.56 Å². The Morgan fingerprint density at radius 2 is 2.23 bits per heavy atom. The van der Waals surface area contributed by atoms with Gasteiger partial charge in [0.1, 0.15) is 11.8 Å². The second-order valence-electron chi connectivity index (χ2n) is 2.45. The third kappa shape index (κ3) is 3.00. The van der Waals surface area contributed by atoms with Crippen LogP contribution in [-0.4, -0.2) is 18.6 Å². The molecule has 68 valence electrons. The molecule has 3 heteroatoms. The minimum Gasteiger partial charge on any atom is -0.491 e. The minimum atomic E-state index is 0.601. The standard InChI is InChI=1S/C10H11NOS/c1-13-7-6-12-10-5-3-2-4-9(10)8-11/h2-5H,6-7H2,1H3. The Kier molecular flexibility index (Phi) is 4.20. The summed E-state index contributed by atoms with van der Waals surface area (Å²) in [5.74, 6) is 1.62. The molecule has 0 heterocycles. The first kappa shape index (κ1) is 9.94. The van der Waals surface area contributed by atoms with E-state index in [0.29, 0.717) is 17.9 Å². The molecule has 0 saturated carbocycles. The first-order valence-electron chi connectivity index (χ1n) is 3.99. The van der Waals surface area contributed by atoms with E-state index in [1.54, 1.807) is 17.8 Å².